The number of allylic oxidation sites excluding steroid dienone is 2. The van der Waals surface area contributed by atoms with Crippen molar-refractivity contribution >= 4 is 5.91 Å². The molecule has 1 aromatic carbocycles. The average Bonchev–Trinajstić information content (AvgIpc) is 3.24. The molecule has 1 aromatic heterocycles. The molecule has 4 rings (SSSR count). The molecule has 25 heavy (non-hydrogen) atoms. The number of methoxy groups -OCH3 is 1. The Morgan fingerprint density at radius 1 is 1.20 bits per heavy atom. The van der Waals surface area contributed by atoms with Gasteiger partial charge in [-0.25, -0.2) is 4.68 Å². The Bertz CT molecular complexity index is 811. The molecule has 6 nitrogen and oxygen atoms in total. The molecule has 2 aromatic rings. The lowest BCUT2D eigenvalue weighted by Crippen LogP contribution is -2.29. The molecule has 1 fully saturated rings. The molecule has 2 heterocycles. The van der Waals surface area contributed by atoms with Crippen LogP contribution in [-0.4, -0.2) is 45.8 Å². The van der Waals surface area contributed by atoms with Gasteiger partial charge in [-0.2, -0.15) is 4.98 Å². The molecule has 0 unspecified atom stereocenters. The highest BCUT2D eigenvalue weighted by Crippen LogP contribution is 2.33. The van der Waals surface area contributed by atoms with Crippen molar-refractivity contribution in [3.8, 4) is 17.4 Å². The van der Waals surface area contributed by atoms with Crippen LogP contribution >= 0.6 is 0 Å². The molecule has 0 spiro atoms. The number of carbonyl (C=O) groups is 1. The first-order chi connectivity index (χ1) is 12.2. The van der Waals surface area contributed by atoms with Gasteiger partial charge >= 0.3 is 6.01 Å². The molecule has 1 saturated heterocycles. The summed E-state index contributed by atoms with van der Waals surface area (Å²) in [5, 5.41) is 4.36. The van der Waals surface area contributed by atoms with Crippen LogP contribution in [0.3, 0.4) is 0 Å². The van der Waals surface area contributed by atoms with E-state index in [1.165, 1.54) is 0 Å². The standard InChI is InChI=1S/C19H22N4O2/c1-22-19(25-2)20-17(21-22)13-8-5-9-14(10-13)18(24)23-11-15-6-3-4-7-16(15)12-23/h3-5,8-10,15-16H,6-7,11-12H2,1-2H3/t15-,16+. The summed E-state index contributed by atoms with van der Waals surface area (Å²) in [5.74, 6) is 1.88. The maximum Gasteiger partial charge on any atom is 0.314 e. The summed E-state index contributed by atoms with van der Waals surface area (Å²) in [6, 6.07) is 7.99. The van der Waals surface area contributed by atoms with Crippen LogP contribution in [0.5, 0.6) is 6.01 Å². The fourth-order valence-electron chi connectivity index (χ4n) is 3.82. The lowest BCUT2D eigenvalue weighted by Gasteiger charge is -2.17. The molecule has 2 atom stereocenters. The normalized spacial score (nSPS) is 22.1. The first-order valence-corrected chi connectivity index (χ1v) is 8.65. The van der Waals surface area contributed by atoms with E-state index in [1.54, 1.807) is 18.8 Å². The minimum atomic E-state index is 0.0964. The fraction of sp³-hybridized carbons (Fsp3) is 0.421. The van der Waals surface area contributed by atoms with Gasteiger partial charge < -0.3 is 9.64 Å². The maximum absolute atomic E-state index is 12.9. The van der Waals surface area contributed by atoms with Gasteiger partial charge in [-0.3, -0.25) is 4.79 Å². The number of fused-ring (bicyclic) bond motifs is 1. The molecule has 2 aliphatic rings. The maximum atomic E-state index is 12.9. The van der Waals surface area contributed by atoms with Gasteiger partial charge in [-0.15, -0.1) is 5.10 Å². The number of likely N-dealkylation sites (tertiary alicyclic amines) is 1. The summed E-state index contributed by atoms with van der Waals surface area (Å²) in [7, 11) is 3.35. The number of hydrogen-bond acceptors (Lipinski definition) is 4. The Kier molecular flexibility index (Phi) is 4.03. The third-order valence-corrected chi connectivity index (χ3v) is 5.18. The van der Waals surface area contributed by atoms with Gasteiger partial charge in [-0.1, -0.05) is 24.3 Å². The average molecular weight is 338 g/mol. The second kappa shape index (κ2) is 6.35. The first kappa shape index (κ1) is 15.9. The van der Waals surface area contributed by atoms with E-state index in [0.717, 1.165) is 31.5 Å². The summed E-state index contributed by atoms with van der Waals surface area (Å²) < 4.78 is 6.75. The van der Waals surface area contributed by atoms with E-state index in [-0.39, 0.29) is 5.91 Å². The van der Waals surface area contributed by atoms with Crippen LogP contribution in [0.15, 0.2) is 36.4 Å². The predicted octanol–water partition coefficient (Wildman–Crippen LogP) is 2.53. The van der Waals surface area contributed by atoms with Crippen LogP contribution in [0.2, 0.25) is 0 Å². The molecular formula is C19H22N4O2. The molecule has 1 amide bonds. The molecule has 1 aliphatic carbocycles. The van der Waals surface area contributed by atoms with E-state index in [4.69, 9.17) is 4.74 Å². The number of aryl methyl sites for hydroxylation is 1. The van der Waals surface area contributed by atoms with E-state index in [2.05, 4.69) is 22.2 Å². The van der Waals surface area contributed by atoms with Crippen molar-refractivity contribution in [2.24, 2.45) is 18.9 Å². The summed E-state index contributed by atoms with van der Waals surface area (Å²) in [6.45, 7) is 1.71. The Morgan fingerprint density at radius 3 is 2.56 bits per heavy atom. The highest BCUT2D eigenvalue weighted by Gasteiger charge is 2.35. The van der Waals surface area contributed by atoms with Crippen molar-refractivity contribution in [3.05, 3.63) is 42.0 Å². The molecule has 0 saturated carbocycles. The molecule has 0 bridgehead atoms. The molecule has 6 heteroatoms. The van der Waals surface area contributed by atoms with E-state index < -0.39 is 0 Å². The van der Waals surface area contributed by atoms with Crippen molar-refractivity contribution in [1.82, 2.24) is 19.7 Å². The zero-order valence-electron chi connectivity index (χ0n) is 14.6. The predicted molar refractivity (Wildman–Crippen MR) is 94.2 cm³/mol. The molecule has 1 aliphatic heterocycles. The van der Waals surface area contributed by atoms with Gasteiger partial charge in [0, 0.05) is 31.3 Å². The van der Waals surface area contributed by atoms with Crippen molar-refractivity contribution in [1.29, 1.82) is 0 Å². The van der Waals surface area contributed by atoms with Crippen LogP contribution in [0.1, 0.15) is 23.2 Å². The smallest absolute Gasteiger partial charge is 0.314 e. The zero-order chi connectivity index (χ0) is 17.4. The lowest BCUT2D eigenvalue weighted by molar-refractivity contribution is 0.0784. The minimum Gasteiger partial charge on any atom is -0.467 e. The van der Waals surface area contributed by atoms with Gasteiger partial charge in [0.05, 0.1) is 7.11 Å². The van der Waals surface area contributed by atoms with Crippen molar-refractivity contribution in [3.63, 3.8) is 0 Å². The van der Waals surface area contributed by atoms with Crippen LogP contribution < -0.4 is 4.74 Å². The van der Waals surface area contributed by atoms with Crippen LogP contribution in [0, 0.1) is 11.8 Å². The van der Waals surface area contributed by atoms with E-state index in [9.17, 15) is 4.79 Å². The highest BCUT2D eigenvalue weighted by molar-refractivity contribution is 5.95. The summed E-state index contributed by atoms with van der Waals surface area (Å²) in [5.41, 5.74) is 1.51. The second-order valence-corrected chi connectivity index (χ2v) is 6.80. The number of hydrogen-bond donors (Lipinski definition) is 0. The van der Waals surface area contributed by atoms with Gasteiger partial charge in [0.25, 0.3) is 5.91 Å². The quantitative estimate of drug-likeness (QED) is 0.807. The van der Waals surface area contributed by atoms with Crippen LogP contribution in [0.25, 0.3) is 11.4 Å². The van der Waals surface area contributed by atoms with E-state index >= 15 is 0 Å². The SMILES string of the molecule is COc1nc(-c2cccc(C(=O)N3C[C@H]4CC=CC[C@H]4C3)c2)nn1C. The van der Waals surface area contributed by atoms with Crippen molar-refractivity contribution < 1.29 is 9.53 Å². The summed E-state index contributed by atoms with van der Waals surface area (Å²) in [4.78, 5) is 19.3. The first-order valence-electron chi connectivity index (χ1n) is 8.65. The number of aromatic nitrogens is 3. The van der Waals surface area contributed by atoms with E-state index in [1.807, 2.05) is 29.2 Å². The van der Waals surface area contributed by atoms with Gasteiger partial charge in [0.1, 0.15) is 0 Å². The Morgan fingerprint density at radius 2 is 1.92 bits per heavy atom. The van der Waals surface area contributed by atoms with E-state index in [0.29, 0.717) is 29.2 Å². The monoisotopic (exact) mass is 338 g/mol. The number of rotatable bonds is 3. The number of ether oxygens (including phenoxy) is 1. The number of carbonyl (C=O) groups excluding carboxylic acids is 1. The van der Waals surface area contributed by atoms with Crippen LogP contribution in [0.4, 0.5) is 0 Å². The van der Waals surface area contributed by atoms with Gasteiger partial charge in [0.2, 0.25) is 0 Å². The Balaban J connectivity index is 1.56. The summed E-state index contributed by atoms with van der Waals surface area (Å²) >= 11 is 0. The number of nitrogens with zero attached hydrogens (tertiary/aromatic N) is 4. The summed E-state index contributed by atoms with van der Waals surface area (Å²) in [6.07, 6.45) is 6.67. The largest absolute Gasteiger partial charge is 0.467 e. The number of benzene rings is 1. The molecular weight excluding hydrogens is 316 g/mol. The fourth-order valence-corrected chi connectivity index (χ4v) is 3.82. The third-order valence-electron chi connectivity index (χ3n) is 5.18. The van der Waals surface area contributed by atoms with Crippen molar-refractivity contribution in [2.45, 2.75) is 12.8 Å². The third kappa shape index (κ3) is 2.92. The Hall–Kier alpha value is -2.63. The lowest BCUT2D eigenvalue weighted by atomic mass is 9.86. The van der Waals surface area contributed by atoms with Crippen molar-refractivity contribution in [2.75, 3.05) is 20.2 Å². The molecule has 0 radical (unpaired) electrons. The van der Waals surface area contributed by atoms with Crippen LogP contribution in [-0.2, 0) is 7.05 Å². The minimum absolute atomic E-state index is 0.0964. The molecule has 0 N–H and O–H groups in total. The number of amides is 1. The van der Waals surface area contributed by atoms with Gasteiger partial charge in [-0.05, 0) is 36.8 Å². The highest BCUT2D eigenvalue weighted by atomic mass is 16.5. The van der Waals surface area contributed by atoms with Gasteiger partial charge in [0.15, 0.2) is 5.82 Å². The zero-order valence-corrected chi connectivity index (χ0v) is 14.6. The molecule has 130 valence electrons. The topological polar surface area (TPSA) is 60.2 Å². The second-order valence-electron chi connectivity index (χ2n) is 6.80. The Labute approximate surface area is 147 Å².